The Bertz CT molecular complexity index is 259. The van der Waals surface area contributed by atoms with E-state index in [-0.39, 0.29) is 12.6 Å². The third kappa shape index (κ3) is 4.64. The summed E-state index contributed by atoms with van der Waals surface area (Å²) in [4.78, 5) is 0. The maximum atomic E-state index is 8.88. The van der Waals surface area contributed by atoms with Crippen molar-refractivity contribution in [3.05, 3.63) is 29.8 Å². The zero-order valence-electron chi connectivity index (χ0n) is 10.7. The number of aliphatic hydroxyl groups is 1. The molecule has 0 saturated heterocycles. The van der Waals surface area contributed by atoms with Gasteiger partial charge in [0.05, 0.1) is 0 Å². The number of anilines is 1. The SMILES string of the molecule is CC.CNc1ccc(C(CCO)NC)cc1. The van der Waals surface area contributed by atoms with Crippen LogP contribution in [0.2, 0.25) is 0 Å². The van der Waals surface area contributed by atoms with Gasteiger partial charge in [0.1, 0.15) is 0 Å². The number of aliphatic hydroxyl groups excluding tert-OH is 1. The molecule has 0 heterocycles. The first kappa shape index (κ1) is 14.9. The van der Waals surface area contributed by atoms with Gasteiger partial charge in [0, 0.05) is 25.4 Å². The van der Waals surface area contributed by atoms with Gasteiger partial charge < -0.3 is 15.7 Å². The van der Waals surface area contributed by atoms with Gasteiger partial charge in [0.25, 0.3) is 0 Å². The van der Waals surface area contributed by atoms with Crippen LogP contribution in [-0.4, -0.2) is 25.8 Å². The first-order valence-electron chi connectivity index (χ1n) is 5.87. The highest BCUT2D eigenvalue weighted by Crippen LogP contribution is 2.18. The third-order valence-corrected chi connectivity index (χ3v) is 2.37. The smallest absolute Gasteiger partial charge is 0.0449 e. The lowest BCUT2D eigenvalue weighted by Crippen LogP contribution is -2.17. The second-order valence-electron chi connectivity index (χ2n) is 3.23. The highest BCUT2D eigenvalue weighted by molar-refractivity contribution is 5.44. The second kappa shape index (κ2) is 9.19. The average molecular weight is 224 g/mol. The van der Waals surface area contributed by atoms with Gasteiger partial charge in [-0.2, -0.15) is 0 Å². The van der Waals surface area contributed by atoms with Gasteiger partial charge in [-0.25, -0.2) is 0 Å². The molecule has 0 aliphatic rings. The summed E-state index contributed by atoms with van der Waals surface area (Å²) in [5.74, 6) is 0. The fourth-order valence-electron chi connectivity index (χ4n) is 1.49. The number of hydrogen-bond acceptors (Lipinski definition) is 3. The van der Waals surface area contributed by atoms with Crippen LogP contribution < -0.4 is 10.6 Å². The molecule has 16 heavy (non-hydrogen) atoms. The van der Waals surface area contributed by atoms with Crippen LogP contribution in [0.3, 0.4) is 0 Å². The first-order chi connectivity index (χ1) is 7.81. The molecule has 0 spiro atoms. The Balaban J connectivity index is 0.00000106. The molecule has 3 heteroatoms. The largest absolute Gasteiger partial charge is 0.396 e. The molecule has 0 aliphatic heterocycles. The van der Waals surface area contributed by atoms with E-state index in [1.54, 1.807) is 0 Å². The molecule has 3 N–H and O–H groups in total. The topological polar surface area (TPSA) is 44.3 Å². The Hall–Kier alpha value is -1.06. The van der Waals surface area contributed by atoms with E-state index in [0.717, 1.165) is 12.1 Å². The van der Waals surface area contributed by atoms with E-state index >= 15 is 0 Å². The Labute approximate surface area is 98.9 Å². The Morgan fingerprint density at radius 3 is 2.06 bits per heavy atom. The molecular weight excluding hydrogens is 200 g/mol. The molecule has 0 amide bonds. The zero-order valence-corrected chi connectivity index (χ0v) is 10.7. The van der Waals surface area contributed by atoms with Crippen LogP contribution in [0.5, 0.6) is 0 Å². The minimum Gasteiger partial charge on any atom is -0.396 e. The van der Waals surface area contributed by atoms with Crippen molar-refractivity contribution in [2.24, 2.45) is 0 Å². The van der Waals surface area contributed by atoms with E-state index in [9.17, 15) is 0 Å². The summed E-state index contributed by atoms with van der Waals surface area (Å²) in [5.41, 5.74) is 2.31. The monoisotopic (exact) mass is 224 g/mol. The number of benzene rings is 1. The minimum absolute atomic E-state index is 0.208. The van der Waals surface area contributed by atoms with Crippen molar-refractivity contribution in [3.63, 3.8) is 0 Å². The molecule has 0 bridgehead atoms. The van der Waals surface area contributed by atoms with Crippen molar-refractivity contribution in [1.82, 2.24) is 5.32 Å². The second-order valence-corrected chi connectivity index (χ2v) is 3.23. The predicted molar refractivity (Wildman–Crippen MR) is 70.8 cm³/mol. The van der Waals surface area contributed by atoms with E-state index in [2.05, 4.69) is 22.8 Å². The van der Waals surface area contributed by atoms with E-state index < -0.39 is 0 Å². The molecule has 0 aliphatic carbocycles. The zero-order chi connectivity index (χ0) is 12.4. The lowest BCUT2D eigenvalue weighted by molar-refractivity contribution is 0.269. The van der Waals surface area contributed by atoms with Crippen molar-refractivity contribution in [2.75, 3.05) is 26.0 Å². The van der Waals surface area contributed by atoms with Crippen LogP contribution in [0.1, 0.15) is 31.9 Å². The van der Waals surface area contributed by atoms with Crippen molar-refractivity contribution in [2.45, 2.75) is 26.3 Å². The molecule has 1 unspecified atom stereocenters. The Morgan fingerprint density at radius 2 is 1.69 bits per heavy atom. The number of hydrogen-bond donors (Lipinski definition) is 3. The summed E-state index contributed by atoms with van der Waals surface area (Å²) >= 11 is 0. The fourth-order valence-corrected chi connectivity index (χ4v) is 1.49. The van der Waals surface area contributed by atoms with Gasteiger partial charge in [0.15, 0.2) is 0 Å². The molecular formula is C13H24N2O. The van der Waals surface area contributed by atoms with Gasteiger partial charge in [-0.05, 0) is 31.2 Å². The van der Waals surface area contributed by atoms with Crippen molar-refractivity contribution >= 4 is 5.69 Å². The molecule has 0 radical (unpaired) electrons. The maximum absolute atomic E-state index is 8.88. The van der Waals surface area contributed by atoms with Crippen molar-refractivity contribution in [1.29, 1.82) is 0 Å². The van der Waals surface area contributed by atoms with Gasteiger partial charge >= 0.3 is 0 Å². The number of rotatable bonds is 5. The lowest BCUT2D eigenvalue weighted by atomic mass is 10.0. The van der Waals surface area contributed by atoms with Crippen molar-refractivity contribution < 1.29 is 5.11 Å². The molecule has 92 valence electrons. The summed E-state index contributed by atoms with van der Waals surface area (Å²) < 4.78 is 0. The highest BCUT2D eigenvalue weighted by Gasteiger charge is 2.07. The molecule has 3 nitrogen and oxygen atoms in total. The molecule has 0 fully saturated rings. The lowest BCUT2D eigenvalue weighted by Gasteiger charge is -2.15. The van der Waals surface area contributed by atoms with Crippen LogP contribution in [-0.2, 0) is 0 Å². The average Bonchev–Trinajstić information content (AvgIpc) is 2.38. The van der Waals surface area contributed by atoms with E-state index in [0.29, 0.717) is 0 Å². The number of nitrogens with one attached hydrogen (secondary N) is 2. The van der Waals surface area contributed by atoms with Gasteiger partial charge in [0.2, 0.25) is 0 Å². The van der Waals surface area contributed by atoms with Gasteiger partial charge in [-0.1, -0.05) is 26.0 Å². The van der Waals surface area contributed by atoms with Crippen molar-refractivity contribution in [3.8, 4) is 0 Å². The summed E-state index contributed by atoms with van der Waals surface area (Å²) in [6, 6.07) is 8.46. The summed E-state index contributed by atoms with van der Waals surface area (Å²) in [6.07, 6.45) is 0.745. The molecule has 1 atom stereocenters. The fraction of sp³-hybridized carbons (Fsp3) is 0.538. The van der Waals surface area contributed by atoms with E-state index in [1.807, 2.05) is 40.1 Å². The summed E-state index contributed by atoms with van der Waals surface area (Å²) in [7, 11) is 3.81. The summed E-state index contributed by atoms with van der Waals surface area (Å²) in [6.45, 7) is 4.21. The van der Waals surface area contributed by atoms with Crippen LogP contribution in [0.15, 0.2) is 24.3 Å². The molecule has 1 rings (SSSR count). The van der Waals surface area contributed by atoms with Crippen LogP contribution >= 0.6 is 0 Å². The van der Waals surface area contributed by atoms with Gasteiger partial charge in [-0.15, -0.1) is 0 Å². The quantitative estimate of drug-likeness (QED) is 0.719. The standard InChI is InChI=1S/C11H18N2O.C2H6/c1-12-10-5-3-9(4-6-10)11(13-2)7-8-14;1-2/h3-6,11-14H,7-8H2,1-2H3;1-2H3. The van der Waals surface area contributed by atoms with E-state index in [1.165, 1.54) is 5.56 Å². The van der Waals surface area contributed by atoms with Crippen LogP contribution in [0.4, 0.5) is 5.69 Å². The maximum Gasteiger partial charge on any atom is 0.0449 e. The van der Waals surface area contributed by atoms with Crippen LogP contribution in [0.25, 0.3) is 0 Å². The molecule has 1 aromatic carbocycles. The molecule has 1 aromatic rings. The highest BCUT2D eigenvalue weighted by atomic mass is 16.3. The Kier molecular flexibility index (Phi) is 8.58. The first-order valence-corrected chi connectivity index (χ1v) is 5.87. The third-order valence-electron chi connectivity index (χ3n) is 2.37. The van der Waals surface area contributed by atoms with Gasteiger partial charge in [-0.3, -0.25) is 0 Å². The molecule has 0 saturated carbocycles. The predicted octanol–water partition coefficient (Wildman–Crippen LogP) is 2.40. The normalized spacial score (nSPS) is 11.3. The van der Waals surface area contributed by atoms with Crippen LogP contribution in [0, 0.1) is 0 Å². The Morgan fingerprint density at radius 1 is 1.12 bits per heavy atom. The minimum atomic E-state index is 0.208. The molecule has 0 aromatic heterocycles. The summed E-state index contributed by atoms with van der Waals surface area (Å²) in [5, 5.41) is 15.1. The van der Waals surface area contributed by atoms with E-state index in [4.69, 9.17) is 5.11 Å².